The molecular formula is C21H30O3. The van der Waals surface area contributed by atoms with Crippen LogP contribution in [0.25, 0.3) is 0 Å². The third-order valence-corrected chi connectivity index (χ3v) is 8.93. The molecule has 0 aromatic heterocycles. The summed E-state index contributed by atoms with van der Waals surface area (Å²) in [6.45, 7) is 6.57. The highest BCUT2D eigenvalue weighted by Gasteiger charge is 2.77. The van der Waals surface area contributed by atoms with Gasteiger partial charge >= 0.3 is 0 Å². The smallest absolute Gasteiger partial charge is 0.164 e. The van der Waals surface area contributed by atoms with Crippen molar-refractivity contribution in [1.29, 1.82) is 0 Å². The van der Waals surface area contributed by atoms with Crippen LogP contribution in [0.15, 0.2) is 11.6 Å². The van der Waals surface area contributed by atoms with Gasteiger partial charge < -0.3 is 9.84 Å². The van der Waals surface area contributed by atoms with E-state index in [0.29, 0.717) is 11.8 Å². The third-order valence-electron chi connectivity index (χ3n) is 8.93. The fourth-order valence-electron chi connectivity index (χ4n) is 7.44. The Morgan fingerprint density at radius 2 is 2.04 bits per heavy atom. The minimum absolute atomic E-state index is 0.136. The quantitative estimate of drug-likeness (QED) is 0.590. The van der Waals surface area contributed by atoms with E-state index in [9.17, 15) is 9.90 Å². The number of carbonyl (C=O) groups is 1. The average molecular weight is 330 g/mol. The van der Waals surface area contributed by atoms with E-state index in [-0.39, 0.29) is 28.8 Å². The van der Waals surface area contributed by atoms with Gasteiger partial charge in [0, 0.05) is 5.41 Å². The van der Waals surface area contributed by atoms with Crippen molar-refractivity contribution in [2.45, 2.75) is 83.5 Å². The summed E-state index contributed by atoms with van der Waals surface area (Å²) in [5.74, 6) is 2.30. The average Bonchev–Trinajstić information content (AvgIpc) is 3.22. The molecule has 0 amide bonds. The Balaban J connectivity index is 1.50. The van der Waals surface area contributed by atoms with Gasteiger partial charge in [-0.3, -0.25) is 4.79 Å². The molecule has 3 nitrogen and oxygen atoms in total. The zero-order valence-corrected chi connectivity index (χ0v) is 15.2. The van der Waals surface area contributed by atoms with Crippen molar-refractivity contribution < 1.29 is 14.6 Å². The maximum Gasteiger partial charge on any atom is 0.164 e. The summed E-state index contributed by atoms with van der Waals surface area (Å²) in [5, 5.41) is 10.1. The Bertz CT molecular complexity index is 639. The van der Waals surface area contributed by atoms with Crippen LogP contribution in [0.5, 0.6) is 0 Å². The van der Waals surface area contributed by atoms with Crippen LogP contribution in [0.2, 0.25) is 0 Å². The van der Waals surface area contributed by atoms with Crippen molar-refractivity contribution >= 4 is 5.78 Å². The summed E-state index contributed by atoms with van der Waals surface area (Å²) >= 11 is 0. The highest BCUT2D eigenvalue weighted by molar-refractivity contribution is 5.89. The molecule has 4 aliphatic carbocycles. The van der Waals surface area contributed by atoms with Crippen molar-refractivity contribution in [2.24, 2.45) is 28.6 Å². The van der Waals surface area contributed by atoms with Gasteiger partial charge in [-0.1, -0.05) is 25.5 Å². The van der Waals surface area contributed by atoms with E-state index >= 15 is 0 Å². The van der Waals surface area contributed by atoms with Crippen molar-refractivity contribution in [1.82, 2.24) is 0 Å². The molecule has 3 saturated carbocycles. The molecule has 5 aliphatic rings. The van der Waals surface area contributed by atoms with Crippen LogP contribution in [0.4, 0.5) is 0 Å². The molecule has 4 fully saturated rings. The number of rotatable bonds is 1. The van der Waals surface area contributed by atoms with E-state index < -0.39 is 5.60 Å². The zero-order chi connectivity index (χ0) is 16.9. The lowest BCUT2D eigenvalue weighted by Gasteiger charge is -2.57. The highest BCUT2D eigenvalue weighted by Crippen LogP contribution is 2.72. The lowest BCUT2D eigenvalue weighted by Crippen LogP contribution is -2.50. The van der Waals surface area contributed by atoms with Crippen LogP contribution in [-0.4, -0.2) is 28.7 Å². The Kier molecular flexibility index (Phi) is 2.94. The zero-order valence-electron chi connectivity index (χ0n) is 15.2. The molecule has 1 N–H and O–H groups in total. The fourth-order valence-corrected chi connectivity index (χ4v) is 7.44. The number of aliphatic hydroxyl groups is 1. The molecule has 0 radical (unpaired) electrons. The largest absolute Gasteiger partial charge is 0.393 e. The fraction of sp³-hybridized carbons (Fsp3) is 0.857. The van der Waals surface area contributed by atoms with Crippen molar-refractivity contribution in [2.75, 3.05) is 0 Å². The number of aliphatic hydroxyl groups excluding tert-OH is 1. The Morgan fingerprint density at radius 1 is 1.25 bits per heavy atom. The van der Waals surface area contributed by atoms with Crippen LogP contribution in [0, 0.1) is 28.6 Å². The summed E-state index contributed by atoms with van der Waals surface area (Å²) in [5.41, 5.74) is 1.57. The second-order valence-corrected chi connectivity index (χ2v) is 9.85. The van der Waals surface area contributed by atoms with Crippen LogP contribution in [-0.2, 0) is 9.53 Å². The molecule has 0 bridgehead atoms. The molecule has 8 atom stereocenters. The summed E-state index contributed by atoms with van der Waals surface area (Å²) in [7, 11) is 0. The molecule has 0 unspecified atom stereocenters. The number of hydrogen-bond acceptors (Lipinski definition) is 3. The first-order valence-corrected chi connectivity index (χ1v) is 9.88. The maximum absolute atomic E-state index is 12.2. The van der Waals surface area contributed by atoms with Gasteiger partial charge in [-0.05, 0) is 75.0 Å². The van der Waals surface area contributed by atoms with Gasteiger partial charge in [0.25, 0.3) is 0 Å². The standard InChI is InChI=1S/C21H30O3/c1-12(22)21-11-17-15-5-4-13-10-14(23)6-8-19(13,2)16(15)7-9-20(17,3)18(21)24-21/h4,14-18,23H,5-11H2,1-3H3/t14-,15-,16+,17+,18+,19+,20+,21-/m1/s1. The first kappa shape index (κ1) is 15.6. The molecule has 1 saturated heterocycles. The number of carbonyl (C=O) groups excluding carboxylic acids is 1. The Labute approximate surface area is 144 Å². The maximum atomic E-state index is 12.2. The number of epoxide rings is 1. The molecule has 0 aromatic carbocycles. The predicted octanol–water partition coefficient (Wildman–Crippen LogP) is 3.65. The van der Waals surface area contributed by atoms with Crippen molar-refractivity contribution in [3.63, 3.8) is 0 Å². The SMILES string of the molecule is CC(=O)[C@]12C[C@H]3[C@@H]4CC=C5C[C@H](O)CC[C@]5(C)[C@H]4CC[C@]3(C)[C@@H]1O2. The number of ether oxygens (including phenoxy) is 1. The minimum Gasteiger partial charge on any atom is -0.393 e. The van der Waals surface area contributed by atoms with Gasteiger partial charge in [0.1, 0.15) is 6.10 Å². The van der Waals surface area contributed by atoms with Crippen LogP contribution < -0.4 is 0 Å². The first-order chi connectivity index (χ1) is 11.3. The lowest BCUT2D eigenvalue weighted by atomic mass is 9.48. The lowest BCUT2D eigenvalue weighted by molar-refractivity contribution is -0.123. The third kappa shape index (κ3) is 1.69. The molecule has 1 aliphatic heterocycles. The molecule has 1 heterocycles. The normalized spacial score (nSPS) is 58.0. The van der Waals surface area contributed by atoms with Gasteiger partial charge in [-0.2, -0.15) is 0 Å². The van der Waals surface area contributed by atoms with E-state index in [1.807, 2.05) is 0 Å². The Morgan fingerprint density at radius 3 is 2.79 bits per heavy atom. The predicted molar refractivity (Wildman–Crippen MR) is 91.4 cm³/mol. The van der Waals surface area contributed by atoms with Crippen LogP contribution in [0.3, 0.4) is 0 Å². The summed E-state index contributed by atoms with van der Waals surface area (Å²) in [4.78, 5) is 12.2. The topological polar surface area (TPSA) is 49.8 Å². The van der Waals surface area contributed by atoms with E-state index in [4.69, 9.17) is 4.74 Å². The van der Waals surface area contributed by atoms with E-state index in [1.54, 1.807) is 6.92 Å². The Hall–Kier alpha value is -0.670. The van der Waals surface area contributed by atoms with E-state index in [2.05, 4.69) is 19.9 Å². The minimum atomic E-state index is -0.429. The van der Waals surface area contributed by atoms with Gasteiger partial charge in [-0.15, -0.1) is 0 Å². The van der Waals surface area contributed by atoms with Crippen LogP contribution in [0.1, 0.15) is 65.7 Å². The number of fused-ring (bicyclic) bond motifs is 7. The van der Waals surface area contributed by atoms with Gasteiger partial charge in [0.05, 0.1) is 6.10 Å². The second-order valence-electron chi connectivity index (χ2n) is 9.85. The van der Waals surface area contributed by atoms with Gasteiger partial charge in [0.2, 0.25) is 0 Å². The summed E-state index contributed by atoms with van der Waals surface area (Å²) in [6.07, 6.45) is 10.0. The van der Waals surface area contributed by atoms with Gasteiger partial charge in [-0.25, -0.2) is 0 Å². The molecule has 5 rings (SSSR count). The number of allylic oxidation sites excluding steroid dienone is 1. The summed E-state index contributed by atoms with van der Waals surface area (Å²) in [6, 6.07) is 0. The van der Waals surface area contributed by atoms with E-state index in [1.165, 1.54) is 18.4 Å². The van der Waals surface area contributed by atoms with Crippen molar-refractivity contribution in [3.8, 4) is 0 Å². The number of ketones is 1. The molecule has 3 heteroatoms. The molecule has 132 valence electrons. The van der Waals surface area contributed by atoms with Gasteiger partial charge in [0.15, 0.2) is 11.4 Å². The molecule has 0 aromatic rings. The molecular weight excluding hydrogens is 300 g/mol. The first-order valence-electron chi connectivity index (χ1n) is 9.88. The monoisotopic (exact) mass is 330 g/mol. The van der Waals surface area contributed by atoms with E-state index in [0.717, 1.165) is 38.0 Å². The summed E-state index contributed by atoms with van der Waals surface area (Å²) < 4.78 is 6.00. The number of Topliss-reactive ketones (excluding diaryl/α,β-unsaturated/α-hetero) is 1. The molecule has 24 heavy (non-hydrogen) atoms. The van der Waals surface area contributed by atoms with Crippen molar-refractivity contribution in [3.05, 3.63) is 11.6 Å². The number of hydrogen-bond donors (Lipinski definition) is 1. The molecule has 0 spiro atoms. The second kappa shape index (κ2) is 4.54. The van der Waals surface area contributed by atoms with Crippen LogP contribution >= 0.6 is 0 Å². The highest BCUT2D eigenvalue weighted by atomic mass is 16.6.